The van der Waals surface area contributed by atoms with Gasteiger partial charge in [-0.3, -0.25) is 0 Å². The van der Waals surface area contributed by atoms with E-state index in [0.717, 1.165) is 32.1 Å². The molecule has 0 aromatic heterocycles. The van der Waals surface area contributed by atoms with Crippen molar-refractivity contribution in [1.29, 1.82) is 0 Å². The second kappa shape index (κ2) is 12.3. The molecule has 0 aliphatic heterocycles. The SMILES string of the molecule is CCCCC(O)/C(=C/[Si](CC)(CC)CC)CC/C=C/c1ccccc1. The first-order chi connectivity index (χ1) is 12.1. The van der Waals surface area contributed by atoms with Crippen LogP contribution < -0.4 is 0 Å². The van der Waals surface area contributed by atoms with E-state index >= 15 is 0 Å². The highest BCUT2D eigenvalue weighted by molar-refractivity contribution is 6.84. The molecule has 2 heteroatoms. The predicted octanol–water partition coefficient (Wildman–Crippen LogP) is 7.01. The molecule has 1 rings (SSSR count). The second-order valence-electron chi connectivity index (χ2n) is 7.15. The van der Waals surface area contributed by atoms with Gasteiger partial charge in [0, 0.05) is 0 Å². The van der Waals surface area contributed by atoms with E-state index in [0.29, 0.717) is 0 Å². The zero-order chi connectivity index (χ0) is 18.5. The summed E-state index contributed by atoms with van der Waals surface area (Å²) in [5.74, 6) is 0. The Kier molecular flexibility index (Phi) is 10.8. The Labute approximate surface area is 156 Å². The van der Waals surface area contributed by atoms with Crippen LogP contribution in [0.5, 0.6) is 0 Å². The zero-order valence-electron chi connectivity index (χ0n) is 16.8. The first-order valence-electron chi connectivity index (χ1n) is 10.2. The van der Waals surface area contributed by atoms with Crippen LogP contribution in [0.25, 0.3) is 6.08 Å². The van der Waals surface area contributed by atoms with E-state index in [1.165, 1.54) is 29.3 Å². The summed E-state index contributed by atoms with van der Waals surface area (Å²) in [5, 5.41) is 10.7. The number of hydrogen-bond acceptors (Lipinski definition) is 1. The number of benzene rings is 1. The minimum Gasteiger partial charge on any atom is -0.389 e. The van der Waals surface area contributed by atoms with Gasteiger partial charge in [0.05, 0.1) is 14.2 Å². The molecular formula is C23H38OSi. The monoisotopic (exact) mass is 358 g/mol. The predicted molar refractivity (Wildman–Crippen MR) is 116 cm³/mol. The smallest absolute Gasteiger partial charge is 0.0770 e. The van der Waals surface area contributed by atoms with Gasteiger partial charge in [-0.05, 0) is 30.4 Å². The van der Waals surface area contributed by atoms with Crippen molar-refractivity contribution in [3.05, 3.63) is 53.2 Å². The molecule has 0 saturated heterocycles. The lowest BCUT2D eigenvalue weighted by atomic mass is 10.0. The summed E-state index contributed by atoms with van der Waals surface area (Å²) in [4.78, 5) is 0. The van der Waals surface area contributed by atoms with Gasteiger partial charge in [0.15, 0.2) is 0 Å². The molecule has 1 aromatic rings. The van der Waals surface area contributed by atoms with Gasteiger partial charge in [-0.2, -0.15) is 0 Å². The molecule has 0 radical (unpaired) electrons. The first-order valence-corrected chi connectivity index (χ1v) is 12.9. The van der Waals surface area contributed by atoms with Crippen LogP contribution in [0.4, 0.5) is 0 Å². The maximum atomic E-state index is 10.7. The van der Waals surface area contributed by atoms with Gasteiger partial charge in [-0.15, -0.1) is 0 Å². The van der Waals surface area contributed by atoms with Crippen molar-refractivity contribution in [2.45, 2.75) is 84.0 Å². The van der Waals surface area contributed by atoms with Gasteiger partial charge in [-0.1, -0.05) is 107 Å². The number of hydrogen-bond donors (Lipinski definition) is 1. The number of aliphatic hydroxyl groups is 1. The Hall–Kier alpha value is -1.12. The summed E-state index contributed by atoms with van der Waals surface area (Å²) < 4.78 is 0. The Morgan fingerprint density at radius 2 is 1.68 bits per heavy atom. The highest BCUT2D eigenvalue weighted by atomic mass is 28.3. The summed E-state index contributed by atoms with van der Waals surface area (Å²) in [6.07, 6.45) is 9.36. The van der Waals surface area contributed by atoms with Crippen molar-refractivity contribution < 1.29 is 5.11 Å². The average Bonchev–Trinajstić information content (AvgIpc) is 2.67. The first kappa shape index (κ1) is 21.9. The summed E-state index contributed by atoms with van der Waals surface area (Å²) in [5.41, 5.74) is 5.12. The second-order valence-corrected chi connectivity index (χ2v) is 12.3. The maximum absolute atomic E-state index is 10.7. The number of allylic oxidation sites excluding steroid dienone is 1. The number of rotatable bonds is 12. The summed E-state index contributed by atoms with van der Waals surface area (Å²) in [6, 6.07) is 14.3. The highest BCUT2D eigenvalue weighted by Gasteiger charge is 2.25. The van der Waals surface area contributed by atoms with Crippen LogP contribution in [-0.2, 0) is 0 Å². The molecule has 25 heavy (non-hydrogen) atoms. The third kappa shape index (κ3) is 7.75. The molecule has 0 amide bonds. The lowest BCUT2D eigenvalue weighted by Gasteiger charge is -2.27. The molecule has 0 spiro atoms. The average molecular weight is 359 g/mol. The van der Waals surface area contributed by atoms with Crippen molar-refractivity contribution in [1.82, 2.24) is 0 Å². The Morgan fingerprint density at radius 3 is 2.24 bits per heavy atom. The summed E-state index contributed by atoms with van der Waals surface area (Å²) in [7, 11) is -1.35. The Morgan fingerprint density at radius 1 is 1.04 bits per heavy atom. The van der Waals surface area contributed by atoms with E-state index in [1.807, 2.05) is 6.07 Å². The lowest BCUT2D eigenvalue weighted by Crippen LogP contribution is -2.31. The molecule has 0 aliphatic rings. The Bertz CT molecular complexity index is 506. The molecule has 0 fully saturated rings. The van der Waals surface area contributed by atoms with Crippen LogP contribution in [0.15, 0.2) is 47.7 Å². The molecule has 1 atom stereocenters. The quantitative estimate of drug-likeness (QED) is 0.399. The van der Waals surface area contributed by atoms with Gasteiger partial charge in [0.25, 0.3) is 0 Å². The van der Waals surface area contributed by atoms with Gasteiger partial charge in [0.1, 0.15) is 0 Å². The largest absolute Gasteiger partial charge is 0.389 e. The van der Waals surface area contributed by atoms with Crippen molar-refractivity contribution >= 4 is 14.1 Å². The van der Waals surface area contributed by atoms with Gasteiger partial charge in [-0.25, -0.2) is 0 Å². The summed E-state index contributed by atoms with van der Waals surface area (Å²) >= 11 is 0. The van der Waals surface area contributed by atoms with Gasteiger partial charge in [0.2, 0.25) is 0 Å². The number of aliphatic hydroxyl groups excluding tert-OH is 1. The molecule has 0 aliphatic carbocycles. The molecule has 1 N–H and O–H groups in total. The molecule has 1 nitrogen and oxygen atoms in total. The molecule has 1 unspecified atom stereocenters. The van der Waals surface area contributed by atoms with Crippen molar-refractivity contribution in [2.75, 3.05) is 0 Å². The van der Waals surface area contributed by atoms with E-state index in [9.17, 15) is 5.11 Å². The minimum absolute atomic E-state index is 0.249. The van der Waals surface area contributed by atoms with Crippen molar-refractivity contribution in [3.8, 4) is 0 Å². The highest BCUT2D eigenvalue weighted by Crippen LogP contribution is 2.27. The van der Waals surface area contributed by atoms with E-state index in [4.69, 9.17) is 0 Å². The summed E-state index contributed by atoms with van der Waals surface area (Å²) in [6.45, 7) is 9.20. The molecule has 1 aromatic carbocycles. The molecular weight excluding hydrogens is 320 g/mol. The van der Waals surface area contributed by atoms with Crippen LogP contribution in [0, 0.1) is 0 Å². The molecule has 140 valence electrons. The normalized spacial score (nSPS) is 14.2. The maximum Gasteiger partial charge on any atom is 0.0770 e. The fourth-order valence-corrected chi connectivity index (χ4v) is 6.64. The van der Waals surface area contributed by atoms with Crippen LogP contribution in [0.1, 0.15) is 65.4 Å². The number of unbranched alkanes of at least 4 members (excludes halogenated alkanes) is 1. The third-order valence-electron chi connectivity index (χ3n) is 5.57. The van der Waals surface area contributed by atoms with Crippen LogP contribution >= 0.6 is 0 Å². The minimum atomic E-state index is -1.35. The van der Waals surface area contributed by atoms with Crippen LogP contribution in [0.2, 0.25) is 18.1 Å². The van der Waals surface area contributed by atoms with Crippen LogP contribution in [-0.4, -0.2) is 19.3 Å². The topological polar surface area (TPSA) is 20.2 Å². The molecule has 0 saturated carbocycles. The lowest BCUT2D eigenvalue weighted by molar-refractivity contribution is 0.193. The Balaban J connectivity index is 2.81. The molecule has 0 bridgehead atoms. The third-order valence-corrected chi connectivity index (χ3v) is 10.8. The standard InChI is InChI=1S/C23H38OSi/c1-5-9-19-23(24)22(20-25(6-2,7-3)8-4)18-14-13-17-21-15-11-10-12-16-21/h10-13,15-17,20,23-24H,5-9,14,18-19H2,1-4H3/b17-13+,22-20+. The van der Waals surface area contributed by atoms with Crippen LogP contribution in [0.3, 0.4) is 0 Å². The fraction of sp³-hybridized carbons (Fsp3) is 0.565. The molecule has 0 heterocycles. The fourth-order valence-electron chi connectivity index (χ4n) is 3.40. The van der Waals surface area contributed by atoms with Gasteiger partial charge >= 0.3 is 0 Å². The van der Waals surface area contributed by atoms with E-state index in [-0.39, 0.29) is 6.10 Å². The zero-order valence-corrected chi connectivity index (χ0v) is 17.8. The van der Waals surface area contributed by atoms with Crippen molar-refractivity contribution in [2.24, 2.45) is 0 Å². The van der Waals surface area contributed by atoms with E-state index in [1.54, 1.807) is 0 Å². The van der Waals surface area contributed by atoms with Gasteiger partial charge < -0.3 is 5.11 Å². The van der Waals surface area contributed by atoms with E-state index in [2.05, 4.69) is 69.8 Å². The van der Waals surface area contributed by atoms with Crippen molar-refractivity contribution in [3.63, 3.8) is 0 Å². The van der Waals surface area contributed by atoms with E-state index < -0.39 is 8.07 Å².